The van der Waals surface area contributed by atoms with Crippen molar-refractivity contribution in [1.29, 1.82) is 0 Å². The van der Waals surface area contributed by atoms with Crippen LogP contribution < -0.4 is 9.88 Å². The Kier molecular flexibility index (Phi) is 5.24. The van der Waals surface area contributed by atoms with Gasteiger partial charge in [-0.3, -0.25) is 4.79 Å². The van der Waals surface area contributed by atoms with Gasteiger partial charge in [0.25, 0.3) is 5.91 Å². The maximum atomic E-state index is 12.7. The summed E-state index contributed by atoms with van der Waals surface area (Å²) in [6.07, 6.45) is 4.92. The summed E-state index contributed by atoms with van der Waals surface area (Å²) in [5.74, 6) is -0.0300. The van der Waals surface area contributed by atoms with Gasteiger partial charge in [-0.1, -0.05) is 55.5 Å². The largest absolute Gasteiger partial charge is 0.320 e. The fourth-order valence-corrected chi connectivity index (χ4v) is 2.80. The van der Waals surface area contributed by atoms with Gasteiger partial charge in [0.05, 0.1) is 0 Å². The lowest BCUT2D eigenvalue weighted by molar-refractivity contribution is -0.705. The zero-order valence-electron chi connectivity index (χ0n) is 14.6. The number of carbonyl (C=O) groups is 1. The molecule has 1 aromatic heterocycles. The Bertz CT molecular complexity index is 841. The van der Waals surface area contributed by atoms with E-state index in [1.807, 2.05) is 78.5 Å². The summed E-state index contributed by atoms with van der Waals surface area (Å²) in [6, 6.07) is 21.8. The molecule has 0 aliphatic rings. The van der Waals surface area contributed by atoms with Crippen molar-refractivity contribution in [3.8, 4) is 11.1 Å². The van der Waals surface area contributed by atoms with Gasteiger partial charge < -0.3 is 5.32 Å². The Morgan fingerprint density at radius 3 is 2.28 bits per heavy atom. The van der Waals surface area contributed by atoms with Crippen molar-refractivity contribution in [3.05, 3.63) is 84.7 Å². The summed E-state index contributed by atoms with van der Waals surface area (Å²) in [5, 5.41) is 3.08. The molecular formula is C22H23N2O+. The molecule has 0 aliphatic heterocycles. The minimum atomic E-state index is -0.283. The lowest BCUT2D eigenvalue weighted by atomic mass is 10.0. The molecule has 0 unspecified atom stereocenters. The van der Waals surface area contributed by atoms with Crippen molar-refractivity contribution in [2.75, 3.05) is 5.32 Å². The molecule has 25 heavy (non-hydrogen) atoms. The van der Waals surface area contributed by atoms with Crippen LogP contribution in [0.2, 0.25) is 0 Å². The van der Waals surface area contributed by atoms with Crippen LogP contribution in [0.3, 0.4) is 0 Å². The van der Waals surface area contributed by atoms with Crippen molar-refractivity contribution in [2.24, 2.45) is 0 Å². The molecule has 0 radical (unpaired) electrons. The molecule has 0 aliphatic carbocycles. The van der Waals surface area contributed by atoms with Crippen molar-refractivity contribution in [1.82, 2.24) is 0 Å². The van der Waals surface area contributed by atoms with Crippen molar-refractivity contribution in [3.63, 3.8) is 0 Å². The van der Waals surface area contributed by atoms with E-state index in [4.69, 9.17) is 0 Å². The number of carbonyl (C=O) groups excluding carboxylic acids is 1. The molecule has 1 atom stereocenters. The van der Waals surface area contributed by atoms with Crippen LogP contribution in [0.1, 0.15) is 25.5 Å². The molecular weight excluding hydrogens is 308 g/mol. The van der Waals surface area contributed by atoms with Gasteiger partial charge in [-0.25, -0.2) is 0 Å². The maximum absolute atomic E-state index is 12.7. The van der Waals surface area contributed by atoms with Gasteiger partial charge in [-0.05, 0) is 23.6 Å². The minimum absolute atomic E-state index is 0.0300. The average molecular weight is 331 g/mol. The average Bonchev–Trinajstić information content (AvgIpc) is 2.68. The normalized spacial score (nSPS) is 11.8. The Hall–Kier alpha value is -2.94. The molecule has 0 saturated carbocycles. The van der Waals surface area contributed by atoms with Crippen LogP contribution in [0.4, 0.5) is 5.69 Å². The third-order valence-corrected chi connectivity index (χ3v) is 4.43. The fraction of sp³-hybridized carbons (Fsp3) is 0.182. The monoisotopic (exact) mass is 331 g/mol. The minimum Gasteiger partial charge on any atom is -0.320 e. The molecule has 3 aromatic rings. The van der Waals surface area contributed by atoms with Gasteiger partial charge in [-0.2, -0.15) is 4.57 Å². The van der Waals surface area contributed by atoms with Gasteiger partial charge >= 0.3 is 0 Å². The van der Waals surface area contributed by atoms with E-state index in [-0.39, 0.29) is 11.9 Å². The van der Waals surface area contributed by atoms with Crippen LogP contribution in [0.5, 0.6) is 0 Å². The summed E-state index contributed by atoms with van der Waals surface area (Å²) in [7, 11) is 0. The lowest BCUT2D eigenvalue weighted by Gasteiger charge is -2.13. The van der Waals surface area contributed by atoms with E-state index in [0.717, 1.165) is 23.2 Å². The van der Waals surface area contributed by atoms with Crippen LogP contribution >= 0.6 is 0 Å². The molecule has 1 heterocycles. The number of pyridine rings is 1. The Morgan fingerprint density at radius 1 is 0.960 bits per heavy atom. The van der Waals surface area contributed by atoms with E-state index in [1.165, 1.54) is 5.56 Å². The third kappa shape index (κ3) is 3.94. The quantitative estimate of drug-likeness (QED) is 0.691. The molecule has 1 N–H and O–H groups in total. The predicted molar refractivity (Wildman–Crippen MR) is 101 cm³/mol. The first-order valence-corrected chi connectivity index (χ1v) is 8.64. The van der Waals surface area contributed by atoms with E-state index in [9.17, 15) is 4.79 Å². The summed E-state index contributed by atoms with van der Waals surface area (Å²) in [6.45, 7) is 4.03. The third-order valence-electron chi connectivity index (χ3n) is 4.43. The highest BCUT2D eigenvalue weighted by Crippen LogP contribution is 2.27. The number of hydrogen-bond donors (Lipinski definition) is 1. The van der Waals surface area contributed by atoms with E-state index < -0.39 is 0 Å². The van der Waals surface area contributed by atoms with Gasteiger partial charge in [0.1, 0.15) is 0 Å². The molecule has 0 fully saturated rings. The van der Waals surface area contributed by atoms with Crippen LogP contribution in [0.15, 0.2) is 79.1 Å². The number of rotatable bonds is 5. The van der Waals surface area contributed by atoms with E-state index in [0.29, 0.717) is 0 Å². The molecule has 1 amide bonds. The number of para-hydroxylation sites is 1. The number of amides is 1. The van der Waals surface area contributed by atoms with E-state index in [2.05, 4.69) is 24.4 Å². The molecule has 2 aromatic carbocycles. The number of aryl methyl sites for hydroxylation is 1. The highest BCUT2D eigenvalue weighted by Gasteiger charge is 2.22. The highest BCUT2D eigenvalue weighted by atomic mass is 16.2. The van der Waals surface area contributed by atoms with Crippen LogP contribution in [-0.2, 0) is 11.2 Å². The number of anilines is 1. The smallest absolute Gasteiger partial charge is 0.293 e. The van der Waals surface area contributed by atoms with Crippen molar-refractivity contribution in [2.45, 2.75) is 26.3 Å². The van der Waals surface area contributed by atoms with Gasteiger partial charge in [0.15, 0.2) is 12.4 Å². The second-order valence-electron chi connectivity index (χ2n) is 6.08. The fourth-order valence-electron chi connectivity index (χ4n) is 2.80. The molecule has 3 rings (SSSR count). The Balaban J connectivity index is 1.81. The van der Waals surface area contributed by atoms with Crippen LogP contribution in [0, 0.1) is 0 Å². The summed E-state index contributed by atoms with van der Waals surface area (Å²) in [4.78, 5) is 12.7. The summed E-state index contributed by atoms with van der Waals surface area (Å²) < 4.78 is 1.93. The molecule has 0 bridgehead atoms. The lowest BCUT2D eigenvalue weighted by Crippen LogP contribution is -2.44. The van der Waals surface area contributed by atoms with Gasteiger partial charge in [0.2, 0.25) is 6.04 Å². The first-order chi connectivity index (χ1) is 12.2. The van der Waals surface area contributed by atoms with Gasteiger partial charge in [0, 0.05) is 30.3 Å². The van der Waals surface area contributed by atoms with Crippen molar-refractivity contribution < 1.29 is 9.36 Å². The number of nitrogens with zero attached hydrogens (tertiary/aromatic N) is 1. The SMILES string of the molecule is CCc1cc[n+]([C@@H](C)C(=O)Nc2ccccc2-c2ccccc2)cc1. The zero-order valence-corrected chi connectivity index (χ0v) is 14.6. The second kappa shape index (κ2) is 7.75. The zero-order chi connectivity index (χ0) is 17.6. The molecule has 126 valence electrons. The molecule has 3 heteroatoms. The van der Waals surface area contributed by atoms with Crippen molar-refractivity contribution >= 4 is 11.6 Å². The summed E-state index contributed by atoms with van der Waals surface area (Å²) in [5.41, 5.74) is 4.20. The van der Waals surface area contributed by atoms with E-state index >= 15 is 0 Å². The Morgan fingerprint density at radius 2 is 1.60 bits per heavy atom. The number of aromatic nitrogens is 1. The first-order valence-electron chi connectivity index (χ1n) is 8.64. The van der Waals surface area contributed by atoms with E-state index in [1.54, 1.807) is 0 Å². The second-order valence-corrected chi connectivity index (χ2v) is 6.08. The number of benzene rings is 2. The molecule has 0 spiro atoms. The van der Waals surface area contributed by atoms with Crippen LogP contribution in [0.25, 0.3) is 11.1 Å². The topological polar surface area (TPSA) is 33.0 Å². The first kappa shape index (κ1) is 16.9. The molecule has 3 nitrogen and oxygen atoms in total. The van der Waals surface area contributed by atoms with Crippen LogP contribution in [-0.4, -0.2) is 5.91 Å². The molecule has 0 saturated heterocycles. The Labute approximate surface area is 149 Å². The van der Waals surface area contributed by atoms with Gasteiger partial charge in [-0.15, -0.1) is 0 Å². The summed E-state index contributed by atoms with van der Waals surface area (Å²) >= 11 is 0. The number of hydrogen-bond acceptors (Lipinski definition) is 1. The predicted octanol–water partition coefficient (Wildman–Crippen LogP) is 4.40. The highest BCUT2D eigenvalue weighted by molar-refractivity contribution is 5.96. The maximum Gasteiger partial charge on any atom is 0.293 e. The number of nitrogens with one attached hydrogen (secondary N) is 1. The standard InChI is InChI=1S/C22H22N2O/c1-3-18-13-15-24(16-14-18)17(2)22(25)23-21-12-8-7-11-20(21)19-9-5-4-6-10-19/h4-17H,3H2,1-2H3/p+1/t17-/m0/s1.